The van der Waals surface area contributed by atoms with Crippen LogP contribution in [0.25, 0.3) is 0 Å². The van der Waals surface area contributed by atoms with Gasteiger partial charge in [0.05, 0.1) is 16.4 Å². The maximum Gasteiger partial charge on any atom is 0.305 e. The number of aryl methyl sites for hydroxylation is 1. The fraction of sp³-hybridized carbons (Fsp3) is 0.294. The average molecular weight is 347 g/mol. The number of thiophene rings is 1. The molecular formula is C17H17NO5S. The van der Waals surface area contributed by atoms with Crippen LogP contribution in [0.15, 0.2) is 36.4 Å². The van der Waals surface area contributed by atoms with Crippen LogP contribution in [-0.2, 0) is 16.0 Å². The minimum absolute atomic E-state index is 0.105. The van der Waals surface area contributed by atoms with E-state index in [4.69, 9.17) is 4.74 Å². The Labute approximate surface area is 143 Å². The summed E-state index contributed by atoms with van der Waals surface area (Å²) in [7, 11) is 0. The van der Waals surface area contributed by atoms with Gasteiger partial charge in [0.1, 0.15) is 0 Å². The molecule has 0 bridgehead atoms. The summed E-state index contributed by atoms with van der Waals surface area (Å²) in [5, 5.41) is 10.8. The molecule has 2 aromatic rings. The SMILES string of the molecule is CCOC(=O)CCCc1ccc(C(=O)c2cccc([N+](=O)[O-])c2)s1. The summed E-state index contributed by atoms with van der Waals surface area (Å²) in [6.45, 7) is 2.14. The number of non-ortho nitro benzene ring substituents is 1. The normalized spacial score (nSPS) is 10.4. The molecule has 0 saturated carbocycles. The zero-order valence-corrected chi connectivity index (χ0v) is 14.0. The number of nitro groups is 1. The molecule has 0 atom stereocenters. The Morgan fingerprint density at radius 3 is 2.75 bits per heavy atom. The monoisotopic (exact) mass is 347 g/mol. The third-order valence-electron chi connectivity index (χ3n) is 3.31. The number of hydrogen-bond donors (Lipinski definition) is 0. The van der Waals surface area contributed by atoms with Crippen molar-refractivity contribution in [3.63, 3.8) is 0 Å². The van der Waals surface area contributed by atoms with Crippen molar-refractivity contribution in [2.75, 3.05) is 6.61 Å². The summed E-state index contributed by atoms with van der Waals surface area (Å²) in [5.41, 5.74) is 0.191. The number of nitro benzene ring substituents is 1. The molecule has 1 heterocycles. The molecule has 0 unspecified atom stereocenters. The van der Waals surface area contributed by atoms with Gasteiger partial charge in [-0.25, -0.2) is 0 Å². The van der Waals surface area contributed by atoms with Crippen molar-refractivity contribution < 1.29 is 19.2 Å². The highest BCUT2D eigenvalue weighted by Crippen LogP contribution is 2.23. The molecule has 1 aromatic heterocycles. The van der Waals surface area contributed by atoms with Crippen LogP contribution in [0.2, 0.25) is 0 Å². The highest BCUT2D eigenvalue weighted by Gasteiger charge is 2.15. The molecule has 0 saturated heterocycles. The van der Waals surface area contributed by atoms with Crippen LogP contribution in [0.4, 0.5) is 5.69 Å². The lowest BCUT2D eigenvalue weighted by Crippen LogP contribution is -2.03. The second kappa shape index (κ2) is 8.35. The van der Waals surface area contributed by atoms with Gasteiger partial charge in [-0.2, -0.15) is 0 Å². The molecule has 1 aromatic carbocycles. The number of benzene rings is 1. The van der Waals surface area contributed by atoms with Crippen molar-refractivity contribution in [2.24, 2.45) is 0 Å². The van der Waals surface area contributed by atoms with E-state index in [9.17, 15) is 19.7 Å². The van der Waals surface area contributed by atoms with Crippen molar-refractivity contribution in [1.82, 2.24) is 0 Å². The maximum absolute atomic E-state index is 12.4. The molecular weight excluding hydrogens is 330 g/mol. The third kappa shape index (κ3) is 4.73. The van der Waals surface area contributed by atoms with Gasteiger partial charge < -0.3 is 4.74 Å². The van der Waals surface area contributed by atoms with Crippen LogP contribution < -0.4 is 0 Å². The van der Waals surface area contributed by atoms with Crippen molar-refractivity contribution in [2.45, 2.75) is 26.2 Å². The first-order chi connectivity index (χ1) is 11.5. The molecule has 0 spiro atoms. The summed E-state index contributed by atoms with van der Waals surface area (Å²) in [6, 6.07) is 9.26. The lowest BCUT2D eigenvalue weighted by atomic mass is 10.1. The lowest BCUT2D eigenvalue weighted by molar-refractivity contribution is -0.384. The minimum atomic E-state index is -0.522. The quantitative estimate of drug-likeness (QED) is 0.314. The number of ketones is 1. The van der Waals surface area contributed by atoms with E-state index in [0.29, 0.717) is 36.3 Å². The van der Waals surface area contributed by atoms with E-state index < -0.39 is 4.92 Å². The highest BCUT2D eigenvalue weighted by molar-refractivity contribution is 7.14. The van der Waals surface area contributed by atoms with Gasteiger partial charge in [-0.3, -0.25) is 19.7 Å². The fourth-order valence-corrected chi connectivity index (χ4v) is 3.19. The van der Waals surface area contributed by atoms with Crippen LogP contribution in [0.1, 0.15) is 39.9 Å². The molecule has 0 aliphatic carbocycles. The van der Waals surface area contributed by atoms with Crippen molar-refractivity contribution in [3.8, 4) is 0 Å². The number of carbonyl (C=O) groups is 2. The highest BCUT2D eigenvalue weighted by atomic mass is 32.1. The first-order valence-corrected chi connectivity index (χ1v) is 8.36. The number of hydrogen-bond acceptors (Lipinski definition) is 6. The van der Waals surface area contributed by atoms with Gasteiger partial charge in [0.25, 0.3) is 5.69 Å². The maximum atomic E-state index is 12.4. The third-order valence-corrected chi connectivity index (χ3v) is 4.46. The number of nitrogens with zero attached hydrogens (tertiary/aromatic N) is 1. The molecule has 24 heavy (non-hydrogen) atoms. The van der Waals surface area contributed by atoms with E-state index in [1.165, 1.54) is 29.5 Å². The molecule has 0 amide bonds. The van der Waals surface area contributed by atoms with Crippen LogP contribution in [0.5, 0.6) is 0 Å². The van der Waals surface area contributed by atoms with Crippen LogP contribution in [-0.4, -0.2) is 23.3 Å². The van der Waals surface area contributed by atoms with Gasteiger partial charge in [0, 0.05) is 29.0 Å². The number of carbonyl (C=O) groups excluding carboxylic acids is 2. The Hall–Kier alpha value is -2.54. The van der Waals surface area contributed by atoms with Crippen molar-refractivity contribution >= 4 is 28.8 Å². The Bertz CT molecular complexity index is 753. The van der Waals surface area contributed by atoms with Crippen LogP contribution in [0.3, 0.4) is 0 Å². The van der Waals surface area contributed by atoms with Crippen LogP contribution in [0, 0.1) is 10.1 Å². The Balaban J connectivity index is 1.99. The van der Waals surface area contributed by atoms with Crippen molar-refractivity contribution in [1.29, 1.82) is 0 Å². The van der Waals surface area contributed by atoms with E-state index in [0.717, 1.165) is 4.88 Å². The van der Waals surface area contributed by atoms with Gasteiger partial charge in [0.15, 0.2) is 0 Å². The molecule has 0 aliphatic rings. The van der Waals surface area contributed by atoms with Gasteiger partial charge in [0.2, 0.25) is 5.78 Å². The summed E-state index contributed by atoms with van der Waals surface area (Å²) in [5.74, 6) is -0.456. The van der Waals surface area contributed by atoms with E-state index in [1.54, 1.807) is 19.1 Å². The van der Waals surface area contributed by atoms with Gasteiger partial charge >= 0.3 is 5.97 Å². The molecule has 0 radical (unpaired) electrons. The van der Waals surface area contributed by atoms with E-state index >= 15 is 0 Å². The molecule has 0 N–H and O–H groups in total. The lowest BCUT2D eigenvalue weighted by Gasteiger charge is -2.00. The first-order valence-electron chi connectivity index (χ1n) is 7.54. The summed E-state index contributed by atoms with van der Waals surface area (Å²) >= 11 is 1.34. The van der Waals surface area contributed by atoms with Gasteiger partial charge in [-0.05, 0) is 31.9 Å². The Morgan fingerprint density at radius 1 is 1.25 bits per heavy atom. The summed E-state index contributed by atoms with van der Waals surface area (Å²) in [6.07, 6.45) is 1.69. The molecule has 6 nitrogen and oxygen atoms in total. The minimum Gasteiger partial charge on any atom is -0.466 e. The zero-order chi connectivity index (χ0) is 17.5. The van der Waals surface area contributed by atoms with Gasteiger partial charge in [-0.1, -0.05) is 12.1 Å². The average Bonchev–Trinajstić information content (AvgIpc) is 3.03. The topological polar surface area (TPSA) is 86.5 Å². The zero-order valence-electron chi connectivity index (χ0n) is 13.2. The molecule has 2 rings (SSSR count). The fourth-order valence-electron chi connectivity index (χ4n) is 2.18. The van der Waals surface area contributed by atoms with Crippen molar-refractivity contribution in [3.05, 3.63) is 61.8 Å². The predicted octanol–water partition coefficient (Wildman–Crippen LogP) is 3.77. The second-order valence-corrected chi connectivity index (χ2v) is 6.23. The van der Waals surface area contributed by atoms with Crippen LogP contribution >= 0.6 is 11.3 Å². The molecule has 126 valence electrons. The number of esters is 1. The standard InChI is InChI=1S/C17H17NO5S/c1-2-23-16(19)8-4-7-14-9-10-15(24-14)17(20)12-5-3-6-13(11-12)18(21)22/h3,5-6,9-11H,2,4,7-8H2,1H3. The molecule has 7 heteroatoms. The molecule has 0 aliphatic heterocycles. The Morgan fingerprint density at radius 2 is 2.04 bits per heavy atom. The predicted molar refractivity (Wildman–Crippen MR) is 90.4 cm³/mol. The van der Waals surface area contributed by atoms with E-state index in [1.807, 2.05) is 6.07 Å². The van der Waals surface area contributed by atoms with E-state index in [2.05, 4.69) is 0 Å². The second-order valence-electron chi connectivity index (χ2n) is 5.06. The summed E-state index contributed by atoms with van der Waals surface area (Å²) < 4.78 is 4.87. The summed E-state index contributed by atoms with van der Waals surface area (Å²) in [4.78, 5) is 35.5. The Kier molecular flexibility index (Phi) is 6.20. The number of rotatable bonds is 8. The first kappa shape index (κ1) is 17.8. The number of ether oxygens (including phenoxy) is 1. The van der Waals surface area contributed by atoms with E-state index in [-0.39, 0.29) is 17.4 Å². The van der Waals surface area contributed by atoms with Gasteiger partial charge in [-0.15, -0.1) is 11.3 Å². The smallest absolute Gasteiger partial charge is 0.305 e. The largest absolute Gasteiger partial charge is 0.466 e. The molecule has 0 fully saturated rings.